The standard InChI is InChI=1S/C13H18F3NO2/c14-10-4-5-11(17-6-2-1-3-7-18)12(8-10)19-9-13(15)16/h4-5,8,13,17-18H,1-3,6-7,9H2. The summed E-state index contributed by atoms with van der Waals surface area (Å²) in [5, 5.41) is 11.6. The first-order valence-corrected chi connectivity index (χ1v) is 6.18. The Kier molecular flexibility index (Phi) is 7.10. The Balaban J connectivity index is 2.50. The third-order valence-electron chi connectivity index (χ3n) is 2.46. The van der Waals surface area contributed by atoms with Gasteiger partial charge in [-0.3, -0.25) is 0 Å². The third kappa shape index (κ3) is 6.33. The number of nitrogens with one attached hydrogen (secondary N) is 1. The summed E-state index contributed by atoms with van der Waals surface area (Å²) in [5.41, 5.74) is 0.492. The minimum absolute atomic E-state index is 0.0856. The van der Waals surface area contributed by atoms with E-state index in [1.165, 1.54) is 12.1 Å². The zero-order valence-electron chi connectivity index (χ0n) is 10.5. The molecule has 1 aromatic carbocycles. The van der Waals surface area contributed by atoms with E-state index in [0.29, 0.717) is 12.2 Å². The van der Waals surface area contributed by atoms with Crippen molar-refractivity contribution in [2.24, 2.45) is 0 Å². The number of aliphatic hydroxyl groups is 1. The van der Waals surface area contributed by atoms with Crippen molar-refractivity contribution in [3.63, 3.8) is 0 Å². The number of rotatable bonds is 9. The van der Waals surface area contributed by atoms with Crippen LogP contribution in [0.2, 0.25) is 0 Å². The summed E-state index contributed by atoms with van der Waals surface area (Å²) in [7, 11) is 0. The second-order valence-corrected chi connectivity index (χ2v) is 4.05. The van der Waals surface area contributed by atoms with Crippen molar-refractivity contribution in [2.45, 2.75) is 25.7 Å². The van der Waals surface area contributed by atoms with E-state index in [2.05, 4.69) is 5.32 Å². The molecule has 0 fully saturated rings. The Bertz CT molecular complexity index is 375. The Morgan fingerprint density at radius 3 is 2.68 bits per heavy atom. The van der Waals surface area contributed by atoms with Gasteiger partial charge >= 0.3 is 0 Å². The molecule has 0 saturated carbocycles. The van der Waals surface area contributed by atoms with Crippen LogP contribution in [-0.4, -0.2) is 31.3 Å². The van der Waals surface area contributed by atoms with Crippen LogP contribution in [0.1, 0.15) is 19.3 Å². The lowest BCUT2D eigenvalue weighted by Gasteiger charge is -2.13. The zero-order valence-corrected chi connectivity index (χ0v) is 10.5. The molecule has 2 N–H and O–H groups in total. The number of ether oxygens (including phenoxy) is 1. The molecule has 3 nitrogen and oxygen atoms in total. The Morgan fingerprint density at radius 2 is 2.00 bits per heavy atom. The smallest absolute Gasteiger partial charge is 0.272 e. The summed E-state index contributed by atoms with van der Waals surface area (Å²) >= 11 is 0. The molecule has 0 amide bonds. The number of hydrogen-bond acceptors (Lipinski definition) is 3. The molecule has 0 heterocycles. The van der Waals surface area contributed by atoms with Crippen molar-refractivity contribution in [1.29, 1.82) is 0 Å². The van der Waals surface area contributed by atoms with Gasteiger partial charge < -0.3 is 15.2 Å². The lowest BCUT2D eigenvalue weighted by molar-refractivity contribution is 0.0821. The number of halogens is 3. The van der Waals surface area contributed by atoms with Gasteiger partial charge in [0.25, 0.3) is 6.43 Å². The van der Waals surface area contributed by atoms with Crippen molar-refractivity contribution >= 4 is 5.69 Å². The van der Waals surface area contributed by atoms with Crippen LogP contribution in [0, 0.1) is 5.82 Å². The molecule has 0 unspecified atom stereocenters. The molecule has 0 aliphatic heterocycles. The maximum Gasteiger partial charge on any atom is 0.272 e. The lowest BCUT2D eigenvalue weighted by atomic mass is 10.2. The molecule has 0 spiro atoms. The average molecular weight is 277 g/mol. The van der Waals surface area contributed by atoms with Crippen molar-refractivity contribution in [3.8, 4) is 5.75 Å². The molecule has 0 radical (unpaired) electrons. The van der Waals surface area contributed by atoms with Gasteiger partial charge in [0.15, 0.2) is 0 Å². The highest BCUT2D eigenvalue weighted by molar-refractivity contribution is 5.56. The van der Waals surface area contributed by atoms with Crippen molar-refractivity contribution in [3.05, 3.63) is 24.0 Å². The first-order chi connectivity index (χ1) is 9.13. The highest BCUT2D eigenvalue weighted by Crippen LogP contribution is 2.25. The molecule has 0 aliphatic rings. The second kappa shape index (κ2) is 8.63. The minimum atomic E-state index is -2.60. The molecule has 1 rings (SSSR count). The van der Waals surface area contributed by atoms with E-state index in [0.717, 1.165) is 25.3 Å². The molecular formula is C13H18F3NO2. The van der Waals surface area contributed by atoms with Crippen molar-refractivity contribution in [1.82, 2.24) is 0 Å². The largest absolute Gasteiger partial charge is 0.485 e. The topological polar surface area (TPSA) is 41.5 Å². The van der Waals surface area contributed by atoms with Crippen LogP contribution in [0.3, 0.4) is 0 Å². The van der Waals surface area contributed by atoms with E-state index >= 15 is 0 Å². The van der Waals surface area contributed by atoms with Crippen LogP contribution in [0.25, 0.3) is 0 Å². The molecular weight excluding hydrogens is 259 g/mol. The highest BCUT2D eigenvalue weighted by Gasteiger charge is 2.09. The maximum atomic E-state index is 13.0. The molecule has 0 aromatic heterocycles. The summed E-state index contributed by atoms with van der Waals surface area (Å²) in [6.45, 7) is -0.00137. The average Bonchev–Trinajstić information content (AvgIpc) is 2.38. The van der Waals surface area contributed by atoms with Gasteiger partial charge in [0.2, 0.25) is 0 Å². The predicted molar refractivity (Wildman–Crippen MR) is 67.3 cm³/mol. The molecule has 0 bridgehead atoms. The van der Waals surface area contributed by atoms with E-state index in [4.69, 9.17) is 9.84 Å². The van der Waals surface area contributed by atoms with Gasteiger partial charge in [-0.15, -0.1) is 0 Å². The number of benzene rings is 1. The number of aliphatic hydroxyl groups excluding tert-OH is 1. The van der Waals surface area contributed by atoms with E-state index in [1.54, 1.807) is 0 Å². The van der Waals surface area contributed by atoms with Gasteiger partial charge in [0, 0.05) is 19.2 Å². The van der Waals surface area contributed by atoms with Crippen LogP contribution in [-0.2, 0) is 0 Å². The van der Waals surface area contributed by atoms with Crippen LogP contribution in [0.15, 0.2) is 18.2 Å². The molecule has 0 saturated heterocycles. The van der Waals surface area contributed by atoms with Gasteiger partial charge in [0.1, 0.15) is 18.2 Å². The van der Waals surface area contributed by atoms with Crippen LogP contribution in [0.4, 0.5) is 18.9 Å². The van der Waals surface area contributed by atoms with Gasteiger partial charge in [-0.2, -0.15) is 0 Å². The summed E-state index contributed by atoms with van der Waals surface area (Å²) in [6.07, 6.45) is -0.190. The predicted octanol–water partition coefficient (Wildman–Crippen LogP) is 3.04. The van der Waals surface area contributed by atoms with Gasteiger partial charge in [-0.25, -0.2) is 13.2 Å². The fourth-order valence-electron chi connectivity index (χ4n) is 1.55. The summed E-state index contributed by atoms with van der Waals surface area (Å²) in [5.74, 6) is -0.447. The molecule has 0 atom stereocenters. The monoisotopic (exact) mass is 277 g/mol. The second-order valence-electron chi connectivity index (χ2n) is 4.05. The SMILES string of the molecule is OCCCCCNc1ccc(F)cc1OCC(F)F. The lowest BCUT2D eigenvalue weighted by Crippen LogP contribution is -2.10. The van der Waals surface area contributed by atoms with E-state index < -0.39 is 18.8 Å². The van der Waals surface area contributed by atoms with E-state index in [-0.39, 0.29) is 12.4 Å². The Labute approximate surface area is 110 Å². The Morgan fingerprint density at radius 1 is 1.21 bits per heavy atom. The van der Waals surface area contributed by atoms with Crippen LogP contribution in [0.5, 0.6) is 5.75 Å². The van der Waals surface area contributed by atoms with Gasteiger partial charge in [-0.05, 0) is 31.4 Å². The third-order valence-corrected chi connectivity index (χ3v) is 2.46. The number of anilines is 1. The van der Waals surface area contributed by atoms with Crippen molar-refractivity contribution < 1.29 is 23.0 Å². The minimum Gasteiger partial charge on any atom is -0.485 e. The highest BCUT2D eigenvalue weighted by atomic mass is 19.3. The molecule has 19 heavy (non-hydrogen) atoms. The first kappa shape index (κ1) is 15.6. The number of unbranched alkanes of at least 4 members (excludes halogenated alkanes) is 2. The summed E-state index contributed by atoms with van der Waals surface area (Å²) in [4.78, 5) is 0. The van der Waals surface area contributed by atoms with Crippen molar-refractivity contribution in [2.75, 3.05) is 25.1 Å². The normalized spacial score (nSPS) is 10.8. The van der Waals surface area contributed by atoms with Gasteiger partial charge in [0.05, 0.1) is 5.69 Å². The molecule has 1 aromatic rings. The summed E-state index contributed by atoms with van der Waals surface area (Å²) in [6, 6.07) is 3.78. The van der Waals surface area contributed by atoms with Gasteiger partial charge in [-0.1, -0.05) is 0 Å². The summed E-state index contributed by atoms with van der Waals surface area (Å²) < 4.78 is 42.1. The van der Waals surface area contributed by atoms with E-state index in [1.807, 2.05) is 0 Å². The van der Waals surface area contributed by atoms with Crippen LogP contribution >= 0.6 is 0 Å². The van der Waals surface area contributed by atoms with E-state index in [9.17, 15) is 13.2 Å². The maximum absolute atomic E-state index is 13.0. The quantitative estimate of drug-likeness (QED) is 0.682. The molecule has 0 aliphatic carbocycles. The fraction of sp³-hybridized carbons (Fsp3) is 0.538. The molecule has 6 heteroatoms. The molecule has 108 valence electrons. The zero-order chi connectivity index (χ0) is 14.1. The van der Waals surface area contributed by atoms with Crippen LogP contribution < -0.4 is 10.1 Å². The first-order valence-electron chi connectivity index (χ1n) is 6.18. The Hall–Kier alpha value is -1.43. The number of alkyl halides is 2. The fourth-order valence-corrected chi connectivity index (χ4v) is 1.55. The number of hydrogen-bond donors (Lipinski definition) is 2.